The molecule has 2 aliphatic rings. The number of nitrogens with one attached hydrogen (secondary N) is 1. The lowest BCUT2D eigenvalue weighted by molar-refractivity contribution is 0.0647. The Labute approximate surface area is 163 Å². The predicted octanol–water partition coefficient (Wildman–Crippen LogP) is 2.37. The van der Waals surface area contributed by atoms with Crippen molar-refractivity contribution in [2.75, 3.05) is 51.2 Å². The standard InChI is InChI=1S/C19H27N5O2S/c1-3-23-6-8-24(9-7-23)19(25)16-13(2)15-17(21-12-22-18(15)27-16)20-11-14-5-4-10-26-14/h12,14H,3-11H2,1-2H3,(H,20,21,22). The second-order valence-electron chi connectivity index (χ2n) is 7.20. The maximum atomic E-state index is 13.1. The van der Waals surface area contributed by atoms with Crippen LogP contribution in [0.1, 0.15) is 35.0 Å². The molecule has 0 spiro atoms. The van der Waals surface area contributed by atoms with Gasteiger partial charge < -0.3 is 19.9 Å². The van der Waals surface area contributed by atoms with Crippen molar-refractivity contribution in [3.63, 3.8) is 0 Å². The van der Waals surface area contributed by atoms with E-state index in [4.69, 9.17) is 4.74 Å². The van der Waals surface area contributed by atoms with E-state index < -0.39 is 0 Å². The molecule has 0 radical (unpaired) electrons. The van der Waals surface area contributed by atoms with Crippen molar-refractivity contribution in [1.82, 2.24) is 19.8 Å². The number of anilines is 1. The highest BCUT2D eigenvalue weighted by Gasteiger charge is 2.26. The molecule has 0 aromatic carbocycles. The number of rotatable bonds is 5. The lowest BCUT2D eigenvalue weighted by Crippen LogP contribution is -2.48. The third kappa shape index (κ3) is 3.79. The smallest absolute Gasteiger partial charge is 0.264 e. The topological polar surface area (TPSA) is 70.6 Å². The maximum Gasteiger partial charge on any atom is 0.264 e. The van der Waals surface area contributed by atoms with E-state index in [-0.39, 0.29) is 12.0 Å². The van der Waals surface area contributed by atoms with Gasteiger partial charge in [0.2, 0.25) is 0 Å². The van der Waals surface area contributed by atoms with Gasteiger partial charge in [-0.2, -0.15) is 0 Å². The van der Waals surface area contributed by atoms with Gasteiger partial charge in [-0.05, 0) is 31.9 Å². The first-order chi connectivity index (χ1) is 13.2. The maximum absolute atomic E-state index is 13.1. The Hall–Kier alpha value is -1.77. The largest absolute Gasteiger partial charge is 0.376 e. The zero-order valence-corrected chi connectivity index (χ0v) is 16.8. The lowest BCUT2D eigenvalue weighted by atomic mass is 10.1. The summed E-state index contributed by atoms with van der Waals surface area (Å²) in [6.07, 6.45) is 4.01. The van der Waals surface area contributed by atoms with Crippen molar-refractivity contribution in [3.05, 3.63) is 16.8 Å². The second kappa shape index (κ2) is 8.08. The van der Waals surface area contributed by atoms with Gasteiger partial charge >= 0.3 is 0 Å². The Morgan fingerprint density at radius 3 is 2.85 bits per heavy atom. The minimum Gasteiger partial charge on any atom is -0.376 e. The summed E-state index contributed by atoms with van der Waals surface area (Å²) in [5.41, 5.74) is 0.980. The summed E-state index contributed by atoms with van der Waals surface area (Å²) in [7, 11) is 0. The molecule has 0 bridgehead atoms. The molecule has 1 amide bonds. The number of hydrogen-bond donors (Lipinski definition) is 1. The average Bonchev–Trinajstić information content (AvgIpc) is 3.34. The Bertz CT molecular complexity index is 810. The molecule has 0 aliphatic carbocycles. The van der Waals surface area contributed by atoms with Gasteiger partial charge in [-0.1, -0.05) is 6.92 Å². The normalized spacial score (nSPS) is 21.1. The number of aryl methyl sites for hydroxylation is 1. The van der Waals surface area contributed by atoms with E-state index in [1.807, 2.05) is 11.8 Å². The van der Waals surface area contributed by atoms with Crippen LogP contribution >= 0.6 is 11.3 Å². The fraction of sp³-hybridized carbons (Fsp3) is 0.632. The predicted molar refractivity (Wildman–Crippen MR) is 108 cm³/mol. The van der Waals surface area contributed by atoms with Crippen LogP contribution in [0.15, 0.2) is 6.33 Å². The zero-order valence-electron chi connectivity index (χ0n) is 16.0. The van der Waals surface area contributed by atoms with Crippen LogP contribution in [-0.2, 0) is 4.74 Å². The highest BCUT2D eigenvalue weighted by atomic mass is 32.1. The molecule has 2 aromatic rings. The number of piperazine rings is 1. The number of hydrogen-bond acceptors (Lipinski definition) is 7. The molecule has 8 heteroatoms. The summed E-state index contributed by atoms with van der Waals surface area (Å²) in [5, 5.41) is 4.38. The van der Waals surface area contributed by atoms with Crippen LogP contribution in [0.25, 0.3) is 10.2 Å². The first kappa shape index (κ1) is 18.6. The van der Waals surface area contributed by atoms with Crippen molar-refractivity contribution in [1.29, 1.82) is 0 Å². The van der Waals surface area contributed by atoms with Gasteiger partial charge in [0.15, 0.2) is 0 Å². The van der Waals surface area contributed by atoms with Gasteiger partial charge in [0.05, 0.1) is 16.4 Å². The number of amides is 1. The fourth-order valence-electron chi connectivity index (χ4n) is 3.84. The van der Waals surface area contributed by atoms with E-state index in [0.29, 0.717) is 0 Å². The van der Waals surface area contributed by atoms with Crippen molar-refractivity contribution < 1.29 is 9.53 Å². The average molecular weight is 390 g/mol. The highest BCUT2D eigenvalue weighted by Crippen LogP contribution is 2.34. The summed E-state index contributed by atoms with van der Waals surface area (Å²) in [6.45, 7) is 10.3. The molecule has 1 N–H and O–H groups in total. The summed E-state index contributed by atoms with van der Waals surface area (Å²) in [5.74, 6) is 0.926. The third-order valence-electron chi connectivity index (χ3n) is 5.55. The fourth-order valence-corrected chi connectivity index (χ4v) is 4.95. The van der Waals surface area contributed by atoms with Gasteiger partial charge in [0.1, 0.15) is 17.0 Å². The van der Waals surface area contributed by atoms with Crippen LogP contribution < -0.4 is 5.32 Å². The molecule has 2 aliphatic heterocycles. The Morgan fingerprint density at radius 1 is 1.33 bits per heavy atom. The quantitative estimate of drug-likeness (QED) is 0.847. The van der Waals surface area contributed by atoms with Gasteiger partial charge in [0, 0.05) is 39.3 Å². The van der Waals surface area contributed by atoms with E-state index in [0.717, 1.165) is 85.2 Å². The number of ether oxygens (including phenoxy) is 1. The monoisotopic (exact) mass is 389 g/mol. The Morgan fingerprint density at radius 2 is 2.15 bits per heavy atom. The van der Waals surface area contributed by atoms with E-state index in [2.05, 4.69) is 27.1 Å². The summed E-state index contributed by atoms with van der Waals surface area (Å²) < 4.78 is 5.69. The number of nitrogens with zero attached hydrogens (tertiary/aromatic N) is 4. The molecule has 7 nitrogen and oxygen atoms in total. The van der Waals surface area contributed by atoms with Crippen LogP contribution in [0.2, 0.25) is 0 Å². The number of aromatic nitrogens is 2. The summed E-state index contributed by atoms with van der Waals surface area (Å²) in [4.78, 5) is 27.9. The van der Waals surface area contributed by atoms with Gasteiger partial charge in [0.25, 0.3) is 5.91 Å². The van der Waals surface area contributed by atoms with E-state index in [1.165, 1.54) is 11.3 Å². The van der Waals surface area contributed by atoms with Crippen LogP contribution in [0.3, 0.4) is 0 Å². The molecule has 1 unspecified atom stereocenters. The summed E-state index contributed by atoms with van der Waals surface area (Å²) in [6, 6.07) is 0. The third-order valence-corrected chi connectivity index (χ3v) is 6.74. The molecule has 2 fully saturated rings. The van der Waals surface area contributed by atoms with Gasteiger partial charge in [-0.25, -0.2) is 9.97 Å². The molecule has 4 heterocycles. The summed E-state index contributed by atoms with van der Waals surface area (Å²) >= 11 is 1.48. The minimum absolute atomic E-state index is 0.122. The number of carbonyl (C=O) groups is 1. The van der Waals surface area contributed by atoms with Gasteiger partial charge in [-0.15, -0.1) is 11.3 Å². The molecule has 1 atom stereocenters. The van der Waals surface area contributed by atoms with E-state index in [1.54, 1.807) is 6.33 Å². The molecule has 4 rings (SSSR count). The highest BCUT2D eigenvalue weighted by molar-refractivity contribution is 7.20. The van der Waals surface area contributed by atoms with Crippen LogP contribution in [0.4, 0.5) is 5.82 Å². The lowest BCUT2D eigenvalue weighted by Gasteiger charge is -2.33. The SMILES string of the molecule is CCN1CCN(C(=O)c2sc3ncnc(NCC4CCCO4)c3c2C)CC1. The van der Waals surface area contributed by atoms with Crippen molar-refractivity contribution in [3.8, 4) is 0 Å². The molecular weight excluding hydrogens is 362 g/mol. The van der Waals surface area contributed by atoms with Gasteiger partial charge in [-0.3, -0.25) is 4.79 Å². The van der Waals surface area contributed by atoms with Crippen LogP contribution in [0, 0.1) is 6.92 Å². The number of fused-ring (bicyclic) bond motifs is 1. The zero-order chi connectivity index (χ0) is 18.8. The first-order valence-corrected chi connectivity index (χ1v) is 10.6. The van der Waals surface area contributed by atoms with Crippen molar-refractivity contribution in [2.24, 2.45) is 0 Å². The minimum atomic E-state index is 0.122. The Kier molecular flexibility index (Phi) is 5.56. The van der Waals surface area contributed by atoms with E-state index in [9.17, 15) is 4.79 Å². The number of thiophene rings is 1. The van der Waals surface area contributed by atoms with Crippen molar-refractivity contribution >= 4 is 33.3 Å². The molecular formula is C19H27N5O2S. The van der Waals surface area contributed by atoms with Crippen LogP contribution in [-0.4, -0.2) is 77.7 Å². The Balaban J connectivity index is 1.54. The van der Waals surface area contributed by atoms with Crippen LogP contribution in [0.5, 0.6) is 0 Å². The first-order valence-electron chi connectivity index (χ1n) is 9.78. The number of likely N-dealkylation sites (N-methyl/N-ethyl adjacent to an activating group) is 1. The molecule has 146 valence electrons. The molecule has 2 aromatic heterocycles. The number of carbonyl (C=O) groups excluding carboxylic acids is 1. The molecule has 0 saturated carbocycles. The van der Waals surface area contributed by atoms with E-state index >= 15 is 0 Å². The van der Waals surface area contributed by atoms with Crippen molar-refractivity contribution in [2.45, 2.75) is 32.8 Å². The molecule has 27 heavy (non-hydrogen) atoms. The molecule has 2 saturated heterocycles. The second-order valence-corrected chi connectivity index (χ2v) is 8.20.